The summed E-state index contributed by atoms with van der Waals surface area (Å²) in [6.07, 6.45) is 1.80. The second-order valence-electron chi connectivity index (χ2n) is 6.13. The minimum atomic E-state index is -3.75. The first-order valence-corrected chi connectivity index (χ1v) is 11.0. The van der Waals surface area contributed by atoms with Crippen LogP contribution < -0.4 is 5.32 Å². The van der Waals surface area contributed by atoms with Crippen LogP contribution in [-0.4, -0.2) is 42.7 Å². The monoisotopic (exact) mass is 413 g/mol. The van der Waals surface area contributed by atoms with Gasteiger partial charge in [-0.2, -0.15) is 4.31 Å². The molecule has 26 heavy (non-hydrogen) atoms. The van der Waals surface area contributed by atoms with Crippen LogP contribution in [0.2, 0.25) is 5.02 Å². The molecule has 0 aliphatic carbocycles. The van der Waals surface area contributed by atoms with Crippen LogP contribution in [0, 0.1) is 6.92 Å². The summed E-state index contributed by atoms with van der Waals surface area (Å²) in [5, 5.41) is 6.14. The van der Waals surface area contributed by atoms with E-state index in [0.29, 0.717) is 37.4 Å². The van der Waals surface area contributed by atoms with Crippen LogP contribution in [-0.2, 0) is 21.2 Å². The second kappa shape index (κ2) is 8.04. The molecule has 0 radical (unpaired) electrons. The van der Waals surface area contributed by atoms with E-state index in [1.807, 2.05) is 12.3 Å². The molecule has 1 aromatic heterocycles. The number of thiazole rings is 1. The number of nitrogens with zero attached hydrogens (tertiary/aromatic N) is 2. The molecule has 0 saturated carbocycles. The second-order valence-corrected chi connectivity index (χ2v) is 9.52. The zero-order valence-electron chi connectivity index (χ0n) is 14.3. The maximum absolute atomic E-state index is 12.9. The summed E-state index contributed by atoms with van der Waals surface area (Å²) in [5.41, 5.74) is 0.933. The summed E-state index contributed by atoms with van der Waals surface area (Å²) in [6.45, 7) is 2.70. The first kappa shape index (κ1) is 19.3. The molecule has 1 fully saturated rings. The molecule has 1 aliphatic heterocycles. The molecular weight excluding hydrogens is 394 g/mol. The number of nitrogens with one attached hydrogen (secondary N) is 1. The van der Waals surface area contributed by atoms with Gasteiger partial charge in [-0.1, -0.05) is 17.7 Å². The first-order chi connectivity index (χ1) is 12.4. The Morgan fingerprint density at radius 1 is 1.46 bits per heavy atom. The number of sulfonamides is 1. The van der Waals surface area contributed by atoms with Gasteiger partial charge >= 0.3 is 0 Å². The average molecular weight is 414 g/mol. The normalized spacial score (nSPS) is 18.2. The standard InChI is InChI=1S/C17H20ClN3O3S2/c1-12-20-14(11-25-12)7-8-19-17(22)16-6-3-9-21(16)26(23,24)15-5-2-4-13(18)10-15/h2,4-5,10-11,16H,3,6-9H2,1H3,(H,19,22). The molecule has 1 atom stereocenters. The Kier molecular flexibility index (Phi) is 5.96. The van der Waals surface area contributed by atoms with Crippen LogP contribution in [0.15, 0.2) is 34.5 Å². The van der Waals surface area contributed by atoms with E-state index in [2.05, 4.69) is 10.3 Å². The number of aryl methyl sites for hydroxylation is 1. The fourth-order valence-electron chi connectivity index (χ4n) is 3.01. The van der Waals surface area contributed by atoms with E-state index in [-0.39, 0.29) is 10.8 Å². The molecule has 2 heterocycles. The smallest absolute Gasteiger partial charge is 0.243 e. The van der Waals surface area contributed by atoms with Crippen molar-refractivity contribution in [3.05, 3.63) is 45.4 Å². The number of carbonyl (C=O) groups is 1. The Morgan fingerprint density at radius 2 is 2.27 bits per heavy atom. The van der Waals surface area contributed by atoms with Gasteiger partial charge in [-0.15, -0.1) is 11.3 Å². The van der Waals surface area contributed by atoms with Crippen molar-refractivity contribution in [2.75, 3.05) is 13.1 Å². The maximum Gasteiger partial charge on any atom is 0.243 e. The maximum atomic E-state index is 12.9. The zero-order valence-corrected chi connectivity index (χ0v) is 16.7. The van der Waals surface area contributed by atoms with Crippen molar-refractivity contribution in [3.8, 4) is 0 Å². The van der Waals surface area contributed by atoms with E-state index in [1.165, 1.54) is 16.4 Å². The third-order valence-corrected chi connectivity index (χ3v) is 7.22. The highest BCUT2D eigenvalue weighted by Gasteiger charge is 2.39. The molecule has 9 heteroatoms. The number of carbonyl (C=O) groups excluding carboxylic acids is 1. The Bertz CT molecular complexity index is 898. The summed E-state index contributed by atoms with van der Waals surface area (Å²) in [6, 6.07) is 5.44. The lowest BCUT2D eigenvalue weighted by Gasteiger charge is -2.23. The van der Waals surface area contributed by atoms with Crippen LogP contribution in [0.5, 0.6) is 0 Å². The highest BCUT2D eigenvalue weighted by molar-refractivity contribution is 7.89. The molecular formula is C17H20ClN3O3S2. The van der Waals surface area contributed by atoms with E-state index < -0.39 is 16.1 Å². The van der Waals surface area contributed by atoms with Crippen molar-refractivity contribution in [1.29, 1.82) is 0 Å². The number of rotatable bonds is 6. The Hall–Kier alpha value is -1.48. The molecule has 2 aromatic rings. The van der Waals surface area contributed by atoms with Crippen LogP contribution in [0.25, 0.3) is 0 Å². The van der Waals surface area contributed by atoms with Gasteiger partial charge in [0.05, 0.1) is 15.6 Å². The largest absolute Gasteiger partial charge is 0.354 e. The fourth-order valence-corrected chi connectivity index (χ4v) is 5.61. The highest BCUT2D eigenvalue weighted by atomic mass is 35.5. The van der Waals surface area contributed by atoms with E-state index in [0.717, 1.165) is 10.7 Å². The van der Waals surface area contributed by atoms with Gasteiger partial charge in [0.1, 0.15) is 6.04 Å². The molecule has 1 aliphatic rings. The van der Waals surface area contributed by atoms with Crippen LogP contribution >= 0.6 is 22.9 Å². The Balaban J connectivity index is 1.66. The summed E-state index contributed by atoms with van der Waals surface area (Å²) in [4.78, 5) is 17.0. The van der Waals surface area contributed by atoms with E-state index in [9.17, 15) is 13.2 Å². The van der Waals surface area contributed by atoms with Crippen LogP contribution in [0.1, 0.15) is 23.5 Å². The molecule has 140 valence electrons. The van der Waals surface area contributed by atoms with Gasteiger partial charge in [0.25, 0.3) is 0 Å². The lowest BCUT2D eigenvalue weighted by atomic mass is 10.2. The predicted octanol–water partition coefficient (Wildman–Crippen LogP) is 2.62. The SMILES string of the molecule is Cc1nc(CCNC(=O)C2CCCN2S(=O)(=O)c2cccc(Cl)c2)cs1. The summed E-state index contributed by atoms with van der Waals surface area (Å²) in [7, 11) is -3.75. The highest BCUT2D eigenvalue weighted by Crippen LogP contribution is 2.27. The van der Waals surface area contributed by atoms with Crippen molar-refractivity contribution < 1.29 is 13.2 Å². The zero-order chi connectivity index (χ0) is 18.7. The molecule has 1 saturated heterocycles. The lowest BCUT2D eigenvalue weighted by molar-refractivity contribution is -0.124. The molecule has 3 rings (SSSR count). The third-order valence-electron chi connectivity index (χ3n) is 4.26. The quantitative estimate of drug-likeness (QED) is 0.789. The van der Waals surface area contributed by atoms with Gasteiger partial charge in [-0.25, -0.2) is 13.4 Å². The van der Waals surface area contributed by atoms with Crippen molar-refractivity contribution in [2.45, 2.75) is 37.1 Å². The first-order valence-electron chi connectivity index (χ1n) is 8.34. The van der Waals surface area contributed by atoms with Crippen LogP contribution in [0.3, 0.4) is 0 Å². The molecule has 1 unspecified atom stereocenters. The number of amides is 1. The molecule has 6 nitrogen and oxygen atoms in total. The van der Waals surface area contributed by atoms with Crippen molar-refractivity contribution in [3.63, 3.8) is 0 Å². The number of benzene rings is 1. The Labute approximate surface area is 162 Å². The molecule has 1 N–H and O–H groups in total. The molecule has 0 bridgehead atoms. The van der Waals surface area contributed by atoms with E-state index >= 15 is 0 Å². The fraction of sp³-hybridized carbons (Fsp3) is 0.412. The minimum Gasteiger partial charge on any atom is -0.354 e. The molecule has 1 amide bonds. The number of halogens is 1. The average Bonchev–Trinajstić information content (AvgIpc) is 3.24. The van der Waals surface area contributed by atoms with Gasteiger partial charge < -0.3 is 5.32 Å². The van der Waals surface area contributed by atoms with E-state index in [4.69, 9.17) is 11.6 Å². The van der Waals surface area contributed by atoms with Gasteiger partial charge in [-0.05, 0) is 38.0 Å². The van der Waals surface area contributed by atoms with Crippen molar-refractivity contribution in [1.82, 2.24) is 14.6 Å². The molecule has 1 aromatic carbocycles. The van der Waals surface area contributed by atoms with Crippen molar-refractivity contribution >= 4 is 38.9 Å². The number of hydrogen-bond donors (Lipinski definition) is 1. The van der Waals surface area contributed by atoms with Gasteiger partial charge in [0, 0.05) is 29.9 Å². The van der Waals surface area contributed by atoms with Crippen molar-refractivity contribution in [2.24, 2.45) is 0 Å². The minimum absolute atomic E-state index is 0.114. The number of aromatic nitrogens is 1. The summed E-state index contributed by atoms with van der Waals surface area (Å²) < 4.78 is 27.0. The van der Waals surface area contributed by atoms with Gasteiger partial charge in [0.2, 0.25) is 15.9 Å². The van der Waals surface area contributed by atoms with Gasteiger partial charge in [-0.3, -0.25) is 4.79 Å². The number of hydrogen-bond acceptors (Lipinski definition) is 5. The topological polar surface area (TPSA) is 79.4 Å². The predicted molar refractivity (Wildman–Crippen MR) is 102 cm³/mol. The van der Waals surface area contributed by atoms with E-state index in [1.54, 1.807) is 23.5 Å². The lowest BCUT2D eigenvalue weighted by Crippen LogP contribution is -2.46. The summed E-state index contributed by atoms with van der Waals surface area (Å²) >= 11 is 7.49. The Morgan fingerprint density at radius 3 is 2.96 bits per heavy atom. The van der Waals surface area contributed by atoms with Gasteiger partial charge in [0.15, 0.2) is 0 Å². The molecule has 0 spiro atoms. The third kappa shape index (κ3) is 4.25. The van der Waals surface area contributed by atoms with Crippen LogP contribution in [0.4, 0.5) is 0 Å². The summed E-state index contributed by atoms with van der Waals surface area (Å²) in [5.74, 6) is -0.264.